The van der Waals surface area contributed by atoms with Gasteiger partial charge in [-0.15, -0.1) is 0 Å². The second kappa shape index (κ2) is 12.3. The van der Waals surface area contributed by atoms with Crippen molar-refractivity contribution in [3.63, 3.8) is 0 Å². The third kappa shape index (κ3) is 7.86. The molecule has 0 spiro atoms. The number of aromatic nitrogens is 2. The molecule has 3 aromatic carbocycles. The Hall–Kier alpha value is -3.90. The van der Waals surface area contributed by atoms with Crippen LogP contribution >= 0.6 is 0 Å². The molecule has 12 heteroatoms. The summed E-state index contributed by atoms with van der Waals surface area (Å²) in [6, 6.07) is 19.9. The van der Waals surface area contributed by atoms with E-state index in [0.717, 1.165) is 61.3 Å². The molecule has 1 saturated heterocycles. The fraction of sp³-hybridized carbons (Fsp3) is 0.310. The lowest BCUT2D eigenvalue weighted by molar-refractivity contribution is -0.192. The van der Waals surface area contributed by atoms with Crippen LogP contribution < -0.4 is 0 Å². The van der Waals surface area contributed by atoms with Gasteiger partial charge in [-0.25, -0.2) is 9.78 Å². The molecule has 2 heterocycles. The Labute approximate surface area is 231 Å². The summed E-state index contributed by atoms with van der Waals surface area (Å²) in [5.74, 6) is -1.80. The number of hydrogen-bond donors (Lipinski definition) is 3. The maximum atomic E-state index is 13.1. The van der Waals surface area contributed by atoms with E-state index in [-0.39, 0.29) is 6.61 Å². The zero-order valence-electron chi connectivity index (χ0n) is 21.6. The van der Waals surface area contributed by atoms with E-state index < -0.39 is 23.9 Å². The average molecular weight is 580 g/mol. The van der Waals surface area contributed by atoms with Gasteiger partial charge in [-0.2, -0.15) is 26.3 Å². The van der Waals surface area contributed by atoms with Crippen LogP contribution in [0.4, 0.5) is 26.3 Å². The number of aliphatic hydroxyl groups excluding tert-OH is 1. The molecule has 0 unspecified atom stereocenters. The van der Waals surface area contributed by atoms with Gasteiger partial charge in [0.15, 0.2) is 0 Å². The summed E-state index contributed by atoms with van der Waals surface area (Å²) in [5, 5.41) is 16.5. The van der Waals surface area contributed by atoms with Gasteiger partial charge in [-0.3, -0.25) is 4.90 Å². The largest absolute Gasteiger partial charge is 0.490 e. The van der Waals surface area contributed by atoms with Crippen molar-refractivity contribution in [1.82, 2.24) is 14.9 Å². The number of aliphatic hydroxyl groups is 1. The lowest BCUT2D eigenvalue weighted by atomic mass is 9.97. The normalized spacial score (nSPS) is 15.0. The number of alkyl halides is 6. The van der Waals surface area contributed by atoms with Gasteiger partial charge in [0.25, 0.3) is 0 Å². The smallest absolute Gasteiger partial charge is 0.475 e. The van der Waals surface area contributed by atoms with Crippen molar-refractivity contribution in [2.24, 2.45) is 5.92 Å². The summed E-state index contributed by atoms with van der Waals surface area (Å²) >= 11 is 0. The van der Waals surface area contributed by atoms with Crippen molar-refractivity contribution in [3.05, 3.63) is 77.9 Å². The molecule has 5 rings (SSSR count). The van der Waals surface area contributed by atoms with Crippen molar-refractivity contribution in [2.45, 2.75) is 31.7 Å². The SMILES string of the molecule is O=C(O)C(F)(F)F.OCC1CCN(Cc2cccc(-c3cccc(-c4nc5ccc(C(F)(F)F)cc5[nH]4)c3)c2)CC1. The molecule has 218 valence electrons. The molecule has 0 saturated carbocycles. The Kier molecular flexibility index (Phi) is 9.03. The van der Waals surface area contributed by atoms with E-state index in [1.54, 1.807) is 0 Å². The quantitative estimate of drug-likeness (QED) is 0.228. The van der Waals surface area contributed by atoms with Crippen LogP contribution in [0.1, 0.15) is 24.0 Å². The van der Waals surface area contributed by atoms with E-state index in [2.05, 4.69) is 39.1 Å². The van der Waals surface area contributed by atoms with Crippen LogP contribution in [-0.2, 0) is 17.5 Å². The lowest BCUT2D eigenvalue weighted by Crippen LogP contribution is -2.34. The van der Waals surface area contributed by atoms with E-state index in [1.165, 1.54) is 11.6 Å². The number of fused-ring (bicyclic) bond motifs is 1. The third-order valence-corrected chi connectivity index (χ3v) is 6.82. The summed E-state index contributed by atoms with van der Waals surface area (Å²) in [5.41, 5.74) is 4.33. The zero-order valence-corrected chi connectivity index (χ0v) is 21.6. The zero-order chi connectivity index (χ0) is 29.8. The Morgan fingerprint density at radius 1 is 0.902 bits per heavy atom. The Morgan fingerprint density at radius 3 is 2.12 bits per heavy atom. The first-order valence-electron chi connectivity index (χ1n) is 12.7. The first-order chi connectivity index (χ1) is 19.3. The first-order valence-corrected chi connectivity index (χ1v) is 12.7. The van der Waals surface area contributed by atoms with E-state index in [1.807, 2.05) is 24.3 Å². The fourth-order valence-corrected chi connectivity index (χ4v) is 4.60. The molecule has 1 aliphatic heterocycles. The number of nitrogens with zero attached hydrogens (tertiary/aromatic N) is 2. The van der Waals surface area contributed by atoms with Gasteiger partial charge < -0.3 is 15.2 Å². The topological polar surface area (TPSA) is 89.4 Å². The number of imidazole rings is 1. The van der Waals surface area contributed by atoms with Crippen LogP contribution in [0.5, 0.6) is 0 Å². The van der Waals surface area contributed by atoms with Crippen molar-refractivity contribution in [2.75, 3.05) is 19.7 Å². The first kappa shape index (κ1) is 30.1. The fourth-order valence-electron chi connectivity index (χ4n) is 4.60. The number of likely N-dealkylation sites (tertiary alicyclic amines) is 1. The minimum absolute atomic E-state index is 0.272. The van der Waals surface area contributed by atoms with Crippen molar-refractivity contribution in [1.29, 1.82) is 0 Å². The van der Waals surface area contributed by atoms with Gasteiger partial charge in [-0.05, 0) is 78.9 Å². The molecular weight excluding hydrogens is 552 g/mol. The number of aliphatic carboxylic acids is 1. The van der Waals surface area contributed by atoms with Gasteiger partial charge in [0.05, 0.1) is 16.6 Å². The average Bonchev–Trinajstić information content (AvgIpc) is 3.37. The molecule has 41 heavy (non-hydrogen) atoms. The second-order valence-electron chi connectivity index (χ2n) is 9.80. The highest BCUT2D eigenvalue weighted by atomic mass is 19.4. The highest BCUT2D eigenvalue weighted by molar-refractivity contribution is 5.81. The monoisotopic (exact) mass is 579 g/mol. The number of nitrogens with one attached hydrogen (secondary N) is 1. The number of benzene rings is 3. The number of carboxylic acids is 1. The second-order valence-corrected chi connectivity index (χ2v) is 9.80. The van der Waals surface area contributed by atoms with E-state index in [9.17, 15) is 31.4 Å². The maximum absolute atomic E-state index is 13.1. The molecule has 1 aromatic heterocycles. The molecule has 4 aromatic rings. The number of carboxylic acid groups (broad SMARTS) is 1. The van der Waals surface area contributed by atoms with Gasteiger partial charge >= 0.3 is 18.3 Å². The predicted molar refractivity (Wildman–Crippen MR) is 141 cm³/mol. The van der Waals surface area contributed by atoms with Crippen LogP contribution in [0, 0.1) is 5.92 Å². The number of H-pyrrole nitrogens is 1. The van der Waals surface area contributed by atoms with Crippen LogP contribution in [0.3, 0.4) is 0 Å². The molecule has 0 amide bonds. The van der Waals surface area contributed by atoms with Crippen molar-refractivity contribution < 1.29 is 41.4 Å². The molecule has 1 fully saturated rings. The highest BCUT2D eigenvalue weighted by Gasteiger charge is 2.38. The molecule has 1 aliphatic rings. The minimum Gasteiger partial charge on any atom is -0.475 e. The summed E-state index contributed by atoms with van der Waals surface area (Å²) in [6.45, 7) is 3.13. The predicted octanol–water partition coefficient (Wildman–Crippen LogP) is 6.75. The van der Waals surface area contributed by atoms with Crippen LogP contribution in [-0.4, -0.2) is 56.9 Å². The van der Waals surface area contributed by atoms with Gasteiger partial charge in [0, 0.05) is 18.7 Å². The Morgan fingerprint density at radius 2 is 1.51 bits per heavy atom. The van der Waals surface area contributed by atoms with Crippen molar-refractivity contribution in [3.8, 4) is 22.5 Å². The molecular formula is C29H27F6N3O3. The highest BCUT2D eigenvalue weighted by Crippen LogP contribution is 2.32. The molecule has 3 N–H and O–H groups in total. The number of aromatic amines is 1. The maximum Gasteiger partial charge on any atom is 0.490 e. The third-order valence-electron chi connectivity index (χ3n) is 6.82. The Bertz CT molecular complexity index is 1490. The summed E-state index contributed by atoms with van der Waals surface area (Å²) in [4.78, 5) is 18.9. The van der Waals surface area contributed by atoms with Gasteiger partial charge in [-0.1, -0.05) is 36.4 Å². The number of halogens is 6. The number of piperidine rings is 1. The lowest BCUT2D eigenvalue weighted by Gasteiger charge is -2.31. The minimum atomic E-state index is -5.08. The van der Waals surface area contributed by atoms with Crippen LogP contribution in [0.15, 0.2) is 66.7 Å². The van der Waals surface area contributed by atoms with E-state index in [0.29, 0.717) is 22.8 Å². The standard InChI is InChI=1S/C27H26F3N3O.C2HF3O2/c28-27(29,30)23-7-8-24-25(15-23)32-26(31-24)22-6-2-5-21(14-22)20-4-1-3-19(13-20)16-33-11-9-18(17-34)10-12-33;3-2(4,5)1(6)7/h1-8,13-15,18,34H,9-12,16-17H2,(H,31,32);(H,6,7). The summed E-state index contributed by atoms with van der Waals surface area (Å²) in [7, 11) is 0. The van der Waals surface area contributed by atoms with E-state index >= 15 is 0 Å². The van der Waals surface area contributed by atoms with E-state index in [4.69, 9.17) is 9.90 Å². The number of rotatable bonds is 5. The molecule has 0 atom stereocenters. The Balaban J connectivity index is 0.000000493. The van der Waals surface area contributed by atoms with Gasteiger partial charge in [0.1, 0.15) is 5.82 Å². The van der Waals surface area contributed by atoms with Crippen LogP contribution in [0.2, 0.25) is 0 Å². The van der Waals surface area contributed by atoms with Gasteiger partial charge in [0.2, 0.25) is 0 Å². The molecule has 0 bridgehead atoms. The number of carbonyl (C=O) groups is 1. The molecule has 0 radical (unpaired) electrons. The summed E-state index contributed by atoms with van der Waals surface area (Å²) < 4.78 is 70.9. The summed E-state index contributed by atoms with van der Waals surface area (Å²) in [6.07, 6.45) is -7.42. The molecule has 0 aliphatic carbocycles. The van der Waals surface area contributed by atoms with Crippen molar-refractivity contribution >= 4 is 17.0 Å². The number of hydrogen-bond acceptors (Lipinski definition) is 4. The molecule has 6 nitrogen and oxygen atoms in total. The van der Waals surface area contributed by atoms with Crippen LogP contribution in [0.25, 0.3) is 33.5 Å².